The number of rotatable bonds is 7. The molecule has 1 heterocycles. The van der Waals surface area contributed by atoms with Gasteiger partial charge in [0.1, 0.15) is 12.1 Å². The number of hydrogen-bond acceptors (Lipinski definition) is 6. The molecule has 1 unspecified atom stereocenters. The average Bonchev–Trinajstić information content (AvgIpc) is 3.16. The Morgan fingerprint density at radius 2 is 2.00 bits per heavy atom. The molecule has 0 saturated heterocycles. The van der Waals surface area contributed by atoms with Crippen LogP contribution in [0.4, 0.5) is 11.4 Å². The minimum Gasteiger partial charge on any atom is -0.495 e. The van der Waals surface area contributed by atoms with Gasteiger partial charge < -0.3 is 15.4 Å². The van der Waals surface area contributed by atoms with E-state index in [9.17, 15) is 9.59 Å². The van der Waals surface area contributed by atoms with Crippen LogP contribution in [0.25, 0.3) is 5.69 Å². The molecule has 10 heteroatoms. The summed E-state index contributed by atoms with van der Waals surface area (Å²) in [5, 5.41) is 14.2. The zero-order valence-electron chi connectivity index (χ0n) is 16.5. The van der Waals surface area contributed by atoms with Crippen molar-refractivity contribution >= 4 is 46.6 Å². The first kappa shape index (κ1) is 21.7. The number of ether oxygens (including phenoxy) is 1. The number of carbonyl (C=O) groups excluding carboxylic acids is 2. The van der Waals surface area contributed by atoms with Gasteiger partial charge in [0.15, 0.2) is 5.16 Å². The Hall–Kier alpha value is -3.04. The van der Waals surface area contributed by atoms with Gasteiger partial charge in [0.25, 0.3) is 0 Å². The summed E-state index contributed by atoms with van der Waals surface area (Å²) in [5.74, 6) is 0.122. The Morgan fingerprint density at radius 1 is 1.20 bits per heavy atom. The maximum Gasteiger partial charge on any atom is 0.237 e. The highest BCUT2D eigenvalue weighted by molar-refractivity contribution is 8.00. The van der Waals surface area contributed by atoms with Crippen molar-refractivity contribution < 1.29 is 14.3 Å². The molecule has 2 aromatic carbocycles. The van der Waals surface area contributed by atoms with Crippen LogP contribution in [0, 0.1) is 0 Å². The standard InChI is InChI=1S/C20H20ClN5O3S/c1-12(19(28)24-17-9-14(21)7-8-18(17)29-3)30-20-25-22-11-26(20)16-6-4-5-15(10-16)23-13(2)27/h4-12H,1-3H3,(H,23,27)(H,24,28). The minimum absolute atomic E-state index is 0.160. The van der Waals surface area contributed by atoms with E-state index in [2.05, 4.69) is 20.8 Å². The highest BCUT2D eigenvalue weighted by atomic mass is 35.5. The van der Waals surface area contributed by atoms with Gasteiger partial charge in [0, 0.05) is 17.6 Å². The normalized spacial score (nSPS) is 11.6. The third-order valence-electron chi connectivity index (χ3n) is 4.03. The monoisotopic (exact) mass is 445 g/mol. The van der Waals surface area contributed by atoms with Crippen LogP contribution < -0.4 is 15.4 Å². The summed E-state index contributed by atoms with van der Waals surface area (Å²) in [6, 6.07) is 12.3. The lowest BCUT2D eigenvalue weighted by Gasteiger charge is -2.15. The van der Waals surface area contributed by atoms with Gasteiger partial charge >= 0.3 is 0 Å². The molecule has 0 aliphatic rings. The summed E-state index contributed by atoms with van der Waals surface area (Å²) in [7, 11) is 1.52. The topological polar surface area (TPSA) is 98.1 Å². The molecule has 8 nitrogen and oxygen atoms in total. The number of nitrogens with one attached hydrogen (secondary N) is 2. The third kappa shape index (κ3) is 5.31. The lowest BCUT2D eigenvalue weighted by Crippen LogP contribution is -2.23. The van der Waals surface area contributed by atoms with Crippen molar-refractivity contribution in [3.63, 3.8) is 0 Å². The van der Waals surface area contributed by atoms with E-state index in [1.54, 1.807) is 48.1 Å². The van der Waals surface area contributed by atoms with Crippen molar-refractivity contribution in [3.8, 4) is 11.4 Å². The number of methoxy groups -OCH3 is 1. The fourth-order valence-corrected chi connectivity index (χ4v) is 3.66. The van der Waals surface area contributed by atoms with Crippen LogP contribution in [0.1, 0.15) is 13.8 Å². The van der Waals surface area contributed by atoms with Gasteiger partial charge in [-0.2, -0.15) is 0 Å². The fraction of sp³-hybridized carbons (Fsp3) is 0.200. The lowest BCUT2D eigenvalue weighted by atomic mass is 10.2. The summed E-state index contributed by atoms with van der Waals surface area (Å²) in [6.45, 7) is 3.21. The average molecular weight is 446 g/mol. The molecular weight excluding hydrogens is 426 g/mol. The maximum absolute atomic E-state index is 12.7. The Bertz CT molecular complexity index is 1070. The van der Waals surface area contributed by atoms with Gasteiger partial charge in [-0.3, -0.25) is 14.2 Å². The van der Waals surface area contributed by atoms with Gasteiger partial charge in [-0.25, -0.2) is 0 Å². The first-order valence-electron chi connectivity index (χ1n) is 8.96. The molecule has 0 aliphatic heterocycles. The summed E-state index contributed by atoms with van der Waals surface area (Å²) < 4.78 is 7.02. The lowest BCUT2D eigenvalue weighted by molar-refractivity contribution is -0.115. The second kappa shape index (κ2) is 9.64. The van der Waals surface area contributed by atoms with E-state index in [0.29, 0.717) is 27.3 Å². The molecule has 0 fully saturated rings. The molecule has 2 amide bonds. The van der Waals surface area contributed by atoms with E-state index in [1.807, 2.05) is 12.1 Å². The highest BCUT2D eigenvalue weighted by Crippen LogP contribution is 2.30. The smallest absolute Gasteiger partial charge is 0.237 e. The van der Waals surface area contributed by atoms with Gasteiger partial charge in [-0.15, -0.1) is 10.2 Å². The van der Waals surface area contributed by atoms with Crippen LogP contribution >= 0.6 is 23.4 Å². The number of nitrogens with zero attached hydrogens (tertiary/aromatic N) is 3. The van der Waals surface area contributed by atoms with Gasteiger partial charge in [-0.05, 0) is 43.3 Å². The van der Waals surface area contributed by atoms with Crippen LogP contribution in [0.3, 0.4) is 0 Å². The Morgan fingerprint density at radius 3 is 2.73 bits per heavy atom. The molecule has 0 radical (unpaired) electrons. The number of carbonyl (C=O) groups is 2. The number of thioether (sulfide) groups is 1. The van der Waals surface area contributed by atoms with E-state index < -0.39 is 5.25 Å². The minimum atomic E-state index is -0.477. The number of halogens is 1. The molecule has 2 N–H and O–H groups in total. The van der Waals surface area contributed by atoms with Crippen LogP contribution in [0.2, 0.25) is 5.02 Å². The van der Waals surface area contributed by atoms with E-state index >= 15 is 0 Å². The zero-order valence-corrected chi connectivity index (χ0v) is 18.1. The molecule has 3 aromatic rings. The van der Waals surface area contributed by atoms with Crippen molar-refractivity contribution in [2.75, 3.05) is 17.7 Å². The number of anilines is 2. The largest absolute Gasteiger partial charge is 0.495 e. The molecule has 0 aliphatic carbocycles. The highest BCUT2D eigenvalue weighted by Gasteiger charge is 2.20. The molecular formula is C20H20ClN5O3S. The predicted molar refractivity (Wildman–Crippen MR) is 118 cm³/mol. The summed E-state index contributed by atoms with van der Waals surface area (Å²) in [5.41, 5.74) is 1.91. The first-order valence-corrected chi connectivity index (χ1v) is 10.2. The van der Waals surface area contributed by atoms with E-state index in [1.165, 1.54) is 25.8 Å². The predicted octanol–water partition coefficient (Wildman–Crippen LogP) is 4.01. The van der Waals surface area contributed by atoms with Gasteiger partial charge in [0.2, 0.25) is 11.8 Å². The zero-order chi connectivity index (χ0) is 21.7. The summed E-state index contributed by atoms with van der Waals surface area (Å²) >= 11 is 7.28. The van der Waals surface area contributed by atoms with Crippen LogP contribution in [-0.4, -0.2) is 38.9 Å². The van der Waals surface area contributed by atoms with Crippen molar-refractivity contribution in [2.45, 2.75) is 24.3 Å². The Kier molecular flexibility index (Phi) is 6.96. The molecule has 0 spiro atoms. The molecule has 0 saturated carbocycles. The van der Waals surface area contributed by atoms with E-state index in [4.69, 9.17) is 16.3 Å². The van der Waals surface area contributed by atoms with Crippen LogP contribution in [0.5, 0.6) is 5.75 Å². The maximum atomic E-state index is 12.7. The van der Waals surface area contributed by atoms with Crippen molar-refractivity contribution in [1.29, 1.82) is 0 Å². The van der Waals surface area contributed by atoms with E-state index in [-0.39, 0.29) is 11.8 Å². The molecule has 0 bridgehead atoms. The second-order valence-corrected chi connectivity index (χ2v) is 8.05. The number of benzene rings is 2. The molecule has 1 atom stereocenters. The van der Waals surface area contributed by atoms with Crippen molar-refractivity contribution in [1.82, 2.24) is 14.8 Å². The van der Waals surface area contributed by atoms with Crippen LogP contribution in [-0.2, 0) is 9.59 Å². The molecule has 3 rings (SSSR count). The molecule has 30 heavy (non-hydrogen) atoms. The van der Waals surface area contributed by atoms with Crippen molar-refractivity contribution in [2.24, 2.45) is 0 Å². The second-order valence-electron chi connectivity index (χ2n) is 6.31. The molecule has 1 aromatic heterocycles. The summed E-state index contributed by atoms with van der Waals surface area (Å²) in [4.78, 5) is 24.0. The van der Waals surface area contributed by atoms with E-state index in [0.717, 1.165) is 5.69 Å². The van der Waals surface area contributed by atoms with Gasteiger partial charge in [-0.1, -0.05) is 29.4 Å². The fourth-order valence-electron chi connectivity index (χ4n) is 2.64. The number of amides is 2. The Balaban J connectivity index is 1.75. The third-order valence-corrected chi connectivity index (χ3v) is 5.32. The Labute approximate surface area is 183 Å². The van der Waals surface area contributed by atoms with Crippen molar-refractivity contribution in [3.05, 3.63) is 53.8 Å². The first-order chi connectivity index (χ1) is 14.4. The summed E-state index contributed by atoms with van der Waals surface area (Å²) in [6.07, 6.45) is 1.56. The van der Waals surface area contributed by atoms with Crippen LogP contribution in [0.15, 0.2) is 53.9 Å². The number of aromatic nitrogens is 3. The SMILES string of the molecule is COc1ccc(Cl)cc1NC(=O)C(C)Sc1nncn1-c1cccc(NC(C)=O)c1. The quantitative estimate of drug-likeness (QED) is 0.533. The molecule has 156 valence electrons. The van der Waals surface area contributed by atoms with Gasteiger partial charge in [0.05, 0.1) is 23.7 Å². The number of hydrogen-bond donors (Lipinski definition) is 2.